The lowest BCUT2D eigenvalue weighted by molar-refractivity contribution is 0.102. The predicted molar refractivity (Wildman–Crippen MR) is 86.3 cm³/mol. The molecule has 1 heterocycles. The van der Waals surface area contributed by atoms with Crippen molar-refractivity contribution in [3.8, 4) is 0 Å². The zero-order chi connectivity index (χ0) is 15.9. The van der Waals surface area contributed by atoms with E-state index in [0.29, 0.717) is 28.6 Å². The van der Waals surface area contributed by atoms with Crippen LogP contribution in [0, 0.1) is 0 Å². The number of rotatable bonds is 4. The molecule has 0 aliphatic carbocycles. The van der Waals surface area contributed by atoms with Crippen molar-refractivity contribution in [3.05, 3.63) is 53.2 Å². The van der Waals surface area contributed by atoms with E-state index in [2.05, 4.69) is 20.9 Å². The van der Waals surface area contributed by atoms with Crippen LogP contribution in [-0.4, -0.2) is 23.5 Å². The lowest BCUT2D eigenvalue weighted by Gasteiger charge is -2.07. The van der Waals surface area contributed by atoms with Gasteiger partial charge in [-0.05, 0) is 43.3 Å². The van der Waals surface area contributed by atoms with Crippen LogP contribution in [0.3, 0.4) is 0 Å². The minimum Gasteiger partial charge on any atom is -0.338 e. The number of amides is 3. The molecule has 3 amide bonds. The third kappa shape index (κ3) is 4.46. The number of pyridine rings is 1. The number of carbonyl (C=O) groups excluding carboxylic acids is 2. The first-order valence-electron chi connectivity index (χ1n) is 6.66. The molecule has 0 spiro atoms. The van der Waals surface area contributed by atoms with Crippen LogP contribution in [-0.2, 0) is 0 Å². The first-order chi connectivity index (χ1) is 10.6. The molecular weight excluding hydrogens is 304 g/mol. The summed E-state index contributed by atoms with van der Waals surface area (Å²) in [5, 5.41) is 8.47. The topological polar surface area (TPSA) is 83.1 Å². The van der Waals surface area contributed by atoms with Crippen LogP contribution in [0.4, 0.5) is 16.3 Å². The van der Waals surface area contributed by atoms with Crippen LogP contribution in [0.5, 0.6) is 0 Å². The van der Waals surface area contributed by atoms with Gasteiger partial charge in [0.05, 0.1) is 5.56 Å². The molecule has 7 heteroatoms. The van der Waals surface area contributed by atoms with Crippen molar-refractivity contribution in [3.63, 3.8) is 0 Å². The molecule has 0 saturated carbocycles. The number of carbonyl (C=O) groups is 2. The van der Waals surface area contributed by atoms with Crippen molar-refractivity contribution >= 4 is 35.0 Å². The summed E-state index contributed by atoms with van der Waals surface area (Å²) in [5.41, 5.74) is 1.02. The van der Waals surface area contributed by atoms with E-state index < -0.39 is 0 Å². The molecule has 0 fully saturated rings. The molecule has 22 heavy (non-hydrogen) atoms. The van der Waals surface area contributed by atoms with Crippen molar-refractivity contribution in [2.45, 2.75) is 6.92 Å². The van der Waals surface area contributed by atoms with Gasteiger partial charge in [-0.1, -0.05) is 11.6 Å². The van der Waals surface area contributed by atoms with Crippen molar-refractivity contribution in [2.75, 3.05) is 17.2 Å². The highest BCUT2D eigenvalue weighted by molar-refractivity contribution is 6.30. The molecule has 0 atom stereocenters. The van der Waals surface area contributed by atoms with E-state index in [0.717, 1.165) is 0 Å². The standard InChI is InChI=1S/C15H15ClN4O2/c1-2-17-15(22)20-13-8-3-10(9-18-13)14(21)19-12-6-4-11(16)5-7-12/h3-9H,2H2,1H3,(H,19,21)(H2,17,18,20,22). The van der Waals surface area contributed by atoms with Crippen molar-refractivity contribution in [2.24, 2.45) is 0 Å². The second kappa shape index (κ2) is 7.42. The second-order valence-corrected chi connectivity index (χ2v) is 4.81. The highest BCUT2D eigenvalue weighted by atomic mass is 35.5. The van der Waals surface area contributed by atoms with Crippen LogP contribution >= 0.6 is 11.6 Å². The maximum Gasteiger partial charge on any atom is 0.320 e. The van der Waals surface area contributed by atoms with Gasteiger partial charge in [0.1, 0.15) is 5.82 Å². The highest BCUT2D eigenvalue weighted by Gasteiger charge is 2.08. The first kappa shape index (κ1) is 15.8. The van der Waals surface area contributed by atoms with Crippen LogP contribution < -0.4 is 16.0 Å². The Labute approximate surface area is 132 Å². The molecular formula is C15H15ClN4O2. The van der Waals surface area contributed by atoms with E-state index in [1.165, 1.54) is 6.20 Å². The van der Waals surface area contributed by atoms with Gasteiger partial charge >= 0.3 is 6.03 Å². The number of hydrogen-bond acceptors (Lipinski definition) is 3. The summed E-state index contributed by atoms with van der Waals surface area (Å²) in [7, 11) is 0. The molecule has 1 aromatic carbocycles. The summed E-state index contributed by atoms with van der Waals surface area (Å²) in [4.78, 5) is 27.4. The summed E-state index contributed by atoms with van der Waals surface area (Å²) in [6, 6.07) is 9.60. The van der Waals surface area contributed by atoms with Gasteiger partial charge in [0.25, 0.3) is 5.91 Å². The minimum absolute atomic E-state index is 0.292. The number of halogens is 1. The summed E-state index contributed by atoms with van der Waals surface area (Å²) < 4.78 is 0. The molecule has 1 aromatic heterocycles. The summed E-state index contributed by atoms with van der Waals surface area (Å²) >= 11 is 5.78. The number of hydrogen-bond donors (Lipinski definition) is 3. The van der Waals surface area contributed by atoms with E-state index in [1.54, 1.807) is 36.4 Å². The Morgan fingerprint density at radius 1 is 1.09 bits per heavy atom. The van der Waals surface area contributed by atoms with E-state index in [4.69, 9.17) is 11.6 Å². The Hall–Kier alpha value is -2.60. The van der Waals surface area contributed by atoms with E-state index >= 15 is 0 Å². The fraction of sp³-hybridized carbons (Fsp3) is 0.133. The van der Waals surface area contributed by atoms with Crippen molar-refractivity contribution < 1.29 is 9.59 Å². The third-order valence-corrected chi connectivity index (χ3v) is 2.96. The van der Waals surface area contributed by atoms with E-state index in [9.17, 15) is 9.59 Å². The quantitative estimate of drug-likeness (QED) is 0.810. The van der Waals surface area contributed by atoms with Gasteiger partial charge in [-0.3, -0.25) is 10.1 Å². The molecule has 3 N–H and O–H groups in total. The Kier molecular flexibility index (Phi) is 5.32. The molecule has 114 valence electrons. The lowest BCUT2D eigenvalue weighted by Crippen LogP contribution is -2.28. The van der Waals surface area contributed by atoms with Gasteiger partial charge < -0.3 is 10.6 Å². The zero-order valence-electron chi connectivity index (χ0n) is 11.9. The third-order valence-electron chi connectivity index (χ3n) is 2.71. The van der Waals surface area contributed by atoms with Crippen LogP contribution in [0.25, 0.3) is 0 Å². The molecule has 0 saturated heterocycles. The number of anilines is 2. The fourth-order valence-corrected chi connectivity index (χ4v) is 1.79. The molecule has 2 aromatic rings. The minimum atomic E-state index is -0.339. The number of nitrogens with one attached hydrogen (secondary N) is 3. The molecule has 2 rings (SSSR count). The van der Waals surface area contributed by atoms with Crippen LogP contribution in [0.2, 0.25) is 5.02 Å². The Bertz CT molecular complexity index is 656. The maximum absolute atomic E-state index is 12.1. The molecule has 0 aliphatic rings. The van der Waals surface area contributed by atoms with Crippen molar-refractivity contribution in [1.29, 1.82) is 0 Å². The molecule has 6 nitrogen and oxygen atoms in total. The predicted octanol–water partition coefficient (Wildman–Crippen LogP) is 3.13. The monoisotopic (exact) mass is 318 g/mol. The molecule has 0 radical (unpaired) electrons. The largest absolute Gasteiger partial charge is 0.338 e. The fourth-order valence-electron chi connectivity index (χ4n) is 1.66. The number of benzene rings is 1. The van der Waals surface area contributed by atoms with Gasteiger partial charge in [0.15, 0.2) is 0 Å². The molecule has 0 aliphatic heterocycles. The second-order valence-electron chi connectivity index (χ2n) is 4.38. The van der Waals surface area contributed by atoms with E-state index in [1.807, 2.05) is 6.92 Å². The van der Waals surface area contributed by atoms with Crippen LogP contribution in [0.15, 0.2) is 42.6 Å². The smallest absolute Gasteiger partial charge is 0.320 e. The average molecular weight is 319 g/mol. The highest BCUT2D eigenvalue weighted by Crippen LogP contribution is 2.14. The zero-order valence-corrected chi connectivity index (χ0v) is 12.6. The van der Waals surface area contributed by atoms with E-state index in [-0.39, 0.29) is 11.9 Å². The maximum atomic E-state index is 12.1. The summed E-state index contributed by atoms with van der Waals surface area (Å²) in [6.07, 6.45) is 1.40. The number of nitrogens with zero attached hydrogens (tertiary/aromatic N) is 1. The summed E-state index contributed by atoms with van der Waals surface area (Å²) in [6.45, 7) is 2.34. The van der Waals surface area contributed by atoms with Gasteiger partial charge in [-0.15, -0.1) is 0 Å². The average Bonchev–Trinajstić information content (AvgIpc) is 2.50. The summed E-state index contributed by atoms with van der Waals surface area (Å²) in [5.74, 6) is 0.0772. The van der Waals surface area contributed by atoms with Gasteiger partial charge in [-0.2, -0.15) is 0 Å². The molecule has 0 bridgehead atoms. The van der Waals surface area contributed by atoms with Crippen molar-refractivity contribution in [1.82, 2.24) is 10.3 Å². The van der Waals surface area contributed by atoms with Gasteiger partial charge in [0.2, 0.25) is 0 Å². The normalized spacial score (nSPS) is 9.91. The first-order valence-corrected chi connectivity index (χ1v) is 7.04. The Balaban J connectivity index is 1.98. The SMILES string of the molecule is CCNC(=O)Nc1ccc(C(=O)Nc2ccc(Cl)cc2)cn1. The lowest BCUT2D eigenvalue weighted by atomic mass is 10.2. The number of urea groups is 1. The van der Waals surface area contributed by atoms with Gasteiger partial charge in [0, 0.05) is 23.5 Å². The number of aromatic nitrogens is 1. The Morgan fingerprint density at radius 3 is 2.41 bits per heavy atom. The Morgan fingerprint density at radius 2 is 1.82 bits per heavy atom. The molecule has 0 unspecified atom stereocenters. The van der Waals surface area contributed by atoms with Crippen LogP contribution in [0.1, 0.15) is 17.3 Å². The van der Waals surface area contributed by atoms with Gasteiger partial charge in [-0.25, -0.2) is 9.78 Å².